The van der Waals surface area contributed by atoms with E-state index >= 15 is 0 Å². The topological polar surface area (TPSA) is 95.9 Å². The van der Waals surface area contributed by atoms with Crippen LogP contribution in [-0.2, 0) is 14.3 Å². The summed E-state index contributed by atoms with van der Waals surface area (Å²) in [6, 6.07) is -0.549. The van der Waals surface area contributed by atoms with E-state index in [2.05, 4.69) is 31.3 Å². The van der Waals surface area contributed by atoms with Gasteiger partial charge in [-0.05, 0) is 51.4 Å². The van der Waals surface area contributed by atoms with Gasteiger partial charge in [0.15, 0.2) is 0 Å². The first-order valence-electron chi connectivity index (χ1n) is 33.9. The van der Waals surface area contributed by atoms with E-state index in [9.17, 15) is 19.8 Å². The monoisotopic (exact) mass is 1040 g/mol. The molecule has 0 aliphatic rings. The van der Waals surface area contributed by atoms with E-state index in [1.165, 1.54) is 315 Å². The smallest absolute Gasteiger partial charge is 0.305 e. The number of rotatable bonds is 64. The van der Waals surface area contributed by atoms with Gasteiger partial charge in [-0.25, -0.2) is 0 Å². The number of carbonyl (C=O) groups excluding carboxylic acids is 2. The predicted octanol–water partition coefficient (Wildman–Crippen LogP) is 21.6. The summed E-state index contributed by atoms with van der Waals surface area (Å²) in [5.41, 5.74) is 0. The first-order valence-corrected chi connectivity index (χ1v) is 33.9. The molecule has 2 atom stereocenters. The second kappa shape index (κ2) is 64.1. The molecule has 0 aromatic heterocycles. The lowest BCUT2D eigenvalue weighted by Crippen LogP contribution is -2.45. The van der Waals surface area contributed by atoms with Gasteiger partial charge >= 0.3 is 5.97 Å². The third kappa shape index (κ3) is 59.8. The summed E-state index contributed by atoms with van der Waals surface area (Å²) < 4.78 is 5.48. The number of hydrogen-bond donors (Lipinski definition) is 3. The van der Waals surface area contributed by atoms with Crippen LogP contribution in [-0.4, -0.2) is 47.4 Å². The van der Waals surface area contributed by atoms with E-state index in [1.54, 1.807) is 0 Å². The van der Waals surface area contributed by atoms with E-state index in [0.717, 1.165) is 38.5 Å². The van der Waals surface area contributed by atoms with Crippen LogP contribution >= 0.6 is 0 Å². The minimum Gasteiger partial charge on any atom is -0.466 e. The van der Waals surface area contributed by atoms with E-state index in [4.69, 9.17) is 4.74 Å². The molecule has 0 bridgehead atoms. The van der Waals surface area contributed by atoms with Crippen LogP contribution in [0, 0.1) is 0 Å². The Hall–Kier alpha value is -1.40. The number of hydrogen-bond acceptors (Lipinski definition) is 5. The Morgan fingerprint density at radius 1 is 0.365 bits per heavy atom. The lowest BCUT2D eigenvalue weighted by Gasteiger charge is -2.22. The second-order valence-corrected chi connectivity index (χ2v) is 23.5. The fraction of sp³-hybridized carbons (Fsp3) is 0.941. The van der Waals surface area contributed by atoms with Crippen LogP contribution in [0.5, 0.6) is 0 Å². The fourth-order valence-electron chi connectivity index (χ4n) is 10.9. The quantitative estimate of drug-likeness (QED) is 0.0320. The standard InChI is InChI=1S/C68H133NO5/c1-3-5-7-9-11-13-15-17-18-19-20-21-22-23-24-25-27-30-33-37-40-44-48-52-56-60-66(71)65(64-70)69-67(72)61-57-53-49-45-41-38-34-31-28-26-29-32-35-39-43-47-51-55-59-63-74-68(73)62-58-54-50-46-42-36-16-14-12-10-8-6-4-2/h26,28,65-66,70-71H,3-25,27,29-64H2,1-2H3,(H,69,72)/b28-26-. The average molecular weight is 1040 g/mol. The molecule has 74 heavy (non-hydrogen) atoms. The molecular formula is C68H133NO5. The Labute approximate surface area is 463 Å². The lowest BCUT2D eigenvalue weighted by molar-refractivity contribution is -0.143. The number of esters is 1. The lowest BCUT2D eigenvalue weighted by atomic mass is 10.0. The van der Waals surface area contributed by atoms with Gasteiger partial charge in [-0.1, -0.05) is 334 Å². The van der Waals surface area contributed by atoms with Crippen molar-refractivity contribution in [1.29, 1.82) is 0 Å². The zero-order chi connectivity index (χ0) is 53.6. The molecule has 0 saturated carbocycles. The zero-order valence-electron chi connectivity index (χ0n) is 50.4. The number of unbranched alkanes of at least 4 members (excludes halogenated alkanes) is 51. The largest absolute Gasteiger partial charge is 0.466 e. The first-order chi connectivity index (χ1) is 36.5. The summed E-state index contributed by atoms with van der Waals surface area (Å²) in [7, 11) is 0. The molecule has 0 aromatic carbocycles. The highest BCUT2D eigenvalue weighted by Gasteiger charge is 2.20. The molecule has 2 unspecified atom stereocenters. The molecule has 0 spiro atoms. The van der Waals surface area contributed by atoms with Gasteiger partial charge in [-0.3, -0.25) is 9.59 Å². The van der Waals surface area contributed by atoms with Gasteiger partial charge in [-0.15, -0.1) is 0 Å². The Balaban J connectivity index is 3.42. The van der Waals surface area contributed by atoms with E-state index in [1.807, 2.05) is 0 Å². The maximum atomic E-state index is 12.5. The SMILES string of the molecule is CCCCCCCCCCCCCCCCCCCCCCCCCCCC(O)C(CO)NC(=O)CCCCCCCCC/C=C\CCCCCCCCCCOC(=O)CCCCCCCCCCCCCCC. The predicted molar refractivity (Wildman–Crippen MR) is 324 cm³/mol. The second-order valence-electron chi connectivity index (χ2n) is 23.5. The van der Waals surface area contributed by atoms with E-state index in [0.29, 0.717) is 25.9 Å². The molecule has 0 rings (SSSR count). The maximum Gasteiger partial charge on any atom is 0.305 e. The molecule has 1 amide bonds. The van der Waals surface area contributed by atoms with Crippen LogP contribution in [0.2, 0.25) is 0 Å². The van der Waals surface area contributed by atoms with Gasteiger partial charge in [0.2, 0.25) is 5.91 Å². The van der Waals surface area contributed by atoms with Crippen molar-refractivity contribution in [2.45, 2.75) is 398 Å². The van der Waals surface area contributed by atoms with Crippen LogP contribution < -0.4 is 5.32 Å². The number of nitrogens with one attached hydrogen (secondary N) is 1. The average Bonchev–Trinajstić information content (AvgIpc) is 3.40. The Morgan fingerprint density at radius 3 is 0.959 bits per heavy atom. The third-order valence-corrected chi connectivity index (χ3v) is 16.1. The highest BCUT2D eigenvalue weighted by molar-refractivity contribution is 5.76. The molecule has 6 heteroatoms. The van der Waals surface area contributed by atoms with Crippen LogP contribution in [0.4, 0.5) is 0 Å². The van der Waals surface area contributed by atoms with Crippen molar-refractivity contribution < 1.29 is 24.5 Å². The highest BCUT2D eigenvalue weighted by atomic mass is 16.5. The fourth-order valence-corrected chi connectivity index (χ4v) is 10.9. The molecule has 440 valence electrons. The summed E-state index contributed by atoms with van der Waals surface area (Å²) >= 11 is 0. The van der Waals surface area contributed by atoms with Crippen LogP contribution in [0.1, 0.15) is 386 Å². The van der Waals surface area contributed by atoms with Gasteiger partial charge in [0.1, 0.15) is 0 Å². The van der Waals surface area contributed by atoms with E-state index in [-0.39, 0.29) is 18.5 Å². The Bertz CT molecular complexity index is 1110. The van der Waals surface area contributed by atoms with Crippen molar-refractivity contribution in [3.8, 4) is 0 Å². The molecule has 0 radical (unpaired) electrons. The van der Waals surface area contributed by atoms with Crippen LogP contribution in [0.25, 0.3) is 0 Å². The summed E-state index contributed by atoms with van der Waals surface area (Å²) in [4.78, 5) is 24.6. The van der Waals surface area contributed by atoms with Crippen molar-refractivity contribution in [3.05, 3.63) is 12.2 Å². The number of allylic oxidation sites excluding steroid dienone is 2. The van der Waals surface area contributed by atoms with Gasteiger partial charge in [0, 0.05) is 12.8 Å². The number of aliphatic hydroxyl groups excluding tert-OH is 2. The van der Waals surface area contributed by atoms with Crippen molar-refractivity contribution in [1.82, 2.24) is 5.32 Å². The molecule has 0 aliphatic carbocycles. The Morgan fingerprint density at radius 2 is 0.635 bits per heavy atom. The number of amides is 1. The molecule has 0 aromatic rings. The van der Waals surface area contributed by atoms with E-state index < -0.39 is 12.1 Å². The minimum atomic E-state index is -0.671. The van der Waals surface area contributed by atoms with Gasteiger partial charge in [-0.2, -0.15) is 0 Å². The highest BCUT2D eigenvalue weighted by Crippen LogP contribution is 2.19. The van der Waals surface area contributed by atoms with Crippen molar-refractivity contribution in [3.63, 3.8) is 0 Å². The summed E-state index contributed by atoms with van der Waals surface area (Å²) in [5.74, 6) is -0.0328. The Kier molecular flexibility index (Phi) is 62.9. The molecule has 0 fully saturated rings. The molecule has 0 saturated heterocycles. The van der Waals surface area contributed by atoms with Crippen molar-refractivity contribution in [2.75, 3.05) is 13.2 Å². The normalized spacial score (nSPS) is 12.5. The number of ether oxygens (including phenoxy) is 1. The maximum absolute atomic E-state index is 12.5. The van der Waals surface area contributed by atoms with Gasteiger partial charge in [0.25, 0.3) is 0 Å². The first kappa shape index (κ1) is 72.6. The summed E-state index contributed by atoms with van der Waals surface area (Å²) in [6.07, 6.45) is 78.1. The van der Waals surface area contributed by atoms with Crippen LogP contribution in [0.15, 0.2) is 12.2 Å². The number of aliphatic hydroxyl groups is 2. The van der Waals surface area contributed by atoms with Gasteiger partial charge in [0.05, 0.1) is 25.4 Å². The molecule has 3 N–H and O–H groups in total. The molecule has 0 heterocycles. The van der Waals surface area contributed by atoms with Gasteiger partial charge < -0.3 is 20.3 Å². The third-order valence-electron chi connectivity index (χ3n) is 16.1. The number of carbonyl (C=O) groups is 2. The molecule has 6 nitrogen and oxygen atoms in total. The summed E-state index contributed by atoms with van der Waals surface area (Å²) in [6.45, 7) is 4.98. The summed E-state index contributed by atoms with van der Waals surface area (Å²) in [5, 5.41) is 23.4. The minimum absolute atomic E-state index is 0.00675. The van der Waals surface area contributed by atoms with Crippen molar-refractivity contribution >= 4 is 11.9 Å². The van der Waals surface area contributed by atoms with Crippen LogP contribution in [0.3, 0.4) is 0 Å². The zero-order valence-corrected chi connectivity index (χ0v) is 50.4. The molecule has 0 aliphatic heterocycles. The molecular weight excluding hydrogens is 911 g/mol. The van der Waals surface area contributed by atoms with Crippen molar-refractivity contribution in [2.24, 2.45) is 0 Å².